The van der Waals surface area contributed by atoms with Gasteiger partial charge in [-0.2, -0.15) is 0 Å². The fourth-order valence-electron chi connectivity index (χ4n) is 1.53. The lowest BCUT2D eigenvalue weighted by molar-refractivity contribution is -0.181. The number of carbonyl (C=O) groups excluding carboxylic acids is 1. The van der Waals surface area contributed by atoms with Crippen LogP contribution >= 0.6 is 0 Å². The number of aldehydes is 1. The average Bonchev–Trinajstić information content (AvgIpc) is 2.23. The van der Waals surface area contributed by atoms with E-state index < -0.39 is 30.5 Å². The van der Waals surface area contributed by atoms with Crippen molar-refractivity contribution in [1.82, 2.24) is 0 Å². The van der Waals surface area contributed by atoms with Gasteiger partial charge in [0.1, 0.15) is 18.5 Å². The van der Waals surface area contributed by atoms with Gasteiger partial charge in [0.2, 0.25) is 6.23 Å². The Bertz CT molecular complexity index is 267. The maximum Gasteiger partial charge on any atom is 0.217 e. The summed E-state index contributed by atoms with van der Waals surface area (Å²) in [5.74, 6) is -1.05. The van der Waals surface area contributed by atoms with E-state index in [1.54, 1.807) is 13.0 Å². The van der Waals surface area contributed by atoms with E-state index in [0.29, 0.717) is 6.29 Å². The van der Waals surface area contributed by atoms with Gasteiger partial charge in [-0.15, -0.1) is 4.91 Å². The molecule has 0 saturated carbocycles. The molecule has 1 saturated heterocycles. The van der Waals surface area contributed by atoms with Gasteiger partial charge in [-0.1, -0.05) is 12.2 Å². The van der Waals surface area contributed by atoms with Crippen molar-refractivity contribution < 1.29 is 19.7 Å². The fourth-order valence-corrected chi connectivity index (χ4v) is 1.53. The zero-order chi connectivity index (χ0) is 11.4. The number of rotatable bonds is 3. The quantitative estimate of drug-likeness (QED) is 0.379. The van der Waals surface area contributed by atoms with Gasteiger partial charge in [-0.25, -0.2) is 0 Å². The largest absolute Gasteiger partial charge is 0.389 e. The number of allylic oxidation sites excluding steroid dienone is 1. The molecule has 15 heavy (non-hydrogen) atoms. The molecule has 1 unspecified atom stereocenters. The van der Waals surface area contributed by atoms with Gasteiger partial charge in [0, 0.05) is 0 Å². The SMILES string of the molecule is CC=C[C@H]1OC(N=O)[C@H](O)[C@@H](C=O)[C@H]1O. The van der Waals surface area contributed by atoms with E-state index in [9.17, 15) is 19.9 Å². The molecule has 0 aromatic carbocycles. The van der Waals surface area contributed by atoms with Gasteiger partial charge >= 0.3 is 0 Å². The minimum absolute atomic E-state index is 0.409. The number of hydrogen-bond acceptors (Lipinski definition) is 6. The predicted molar refractivity (Wildman–Crippen MR) is 50.8 cm³/mol. The highest BCUT2D eigenvalue weighted by Crippen LogP contribution is 2.26. The molecule has 1 aliphatic rings. The summed E-state index contributed by atoms with van der Waals surface area (Å²) in [4.78, 5) is 21.0. The van der Waals surface area contributed by atoms with E-state index in [1.165, 1.54) is 6.08 Å². The first-order valence-corrected chi connectivity index (χ1v) is 4.57. The number of ether oxygens (including phenoxy) is 1. The van der Waals surface area contributed by atoms with Crippen LogP contribution in [0.2, 0.25) is 0 Å². The summed E-state index contributed by atoms with van der Waals surface area (Å²) in [6.07, 6.45) is -1.13. The summed E-state index contributed by atoms with van der Waals surface area (Å²) in [7, 11) is 0. The van der Waals surface area contributed by atoms with E-state index >= 15 is 0 Å². The van der Waals surface area contributed by atoms with Crippen LogP contribution in [0.1, 0.15) is 6.92 Å². The summed E-state index contributed by atoms with van der Waals surface area (Å²) >= 11 is 0. The van der Waals surface area contributed by atoms with Crippen LogP contribution in [0.25, 0.3) is 0 Å². The minimum atomic E-state index is -1.39. The Kier molecular flexibility index (Phi) is 4.07. The highest BCUT2D eigenvalue weighted by Gasteiger charge is 2.44. The molecule has 0 aliphatic carbocycles. The highest BCUT2D eigenvalue weighted by atomic mass is 16.5. The average molecular weight is 215 g/mol. The van der Waals surface area contributed by atoms with Crippen molar-refractivity contribution >= 4 is 6.29 Å². The first kappa shape index (κ1) is 12.0. The molecular formula is C9H13NO5. The van der Waals surface area contributed by atoms with Gasteiger partial charge in [0.05, 0.1) is 12.0 Å². The molecule has 0 aromatic heterocycles. The molecule has 0 amide bonds. The Balaban J connectivity index is 2.88. The standard InChI is InChI=1S/C9H13NO5/c1-2-3-6-7(12)5(4-11)8(13)9(10-14)15-6/h2-9,12-13H,1H3/t5-,6+,7+,8+,9?/m0/s1. The molecule has 6 heteroatoms. The molecule has 1 rings (SSSR count). The second-order valence-corrected chi connectivity index (χ2v) is 3.32. The van der Waals surface area contributed by atoms with Crippen LogP contribution < -0.4 is 0 Å². The zero-order valence-corrected chi connectivity index (χ0v) is 8.19. The number of aliphatic hydroxyl groups excluding tert-OH is 2. The molecule has 6 nitrogen and oxygen atoms in total. The van der Waals surface area contributed by atoms with Crippen molar-refractivity contribution in [2.24, 2.45) is 11.1 Å². The number of nitroso groups, excluding NO2 is 1. The molecule has 0 spiro atoms. The Hall–Kier alpha value is -1.11. The lowest BCUT2D eigenvalue weighted by Gasteiger charge is -2.36. The van der Waals surface area contributed by atoms with Crippen LogP contribution in [0, 0.1) is 10.8 Å². The van der Waals surface area contributed by atoms with Crippen molar-refractivity contribution in [3.63, 3.8) is 0 Å². The number of carbonyl (C=O) groups is 1. The van der Waals surface area contributed by atoms with Crippen molar-refractivity contribution in [2.45, 2.75) is 31.5 Å². The van der Waals surface area contributed by atoms with Gasteiger partial charge in [0.25, 0.3) is 0 Å². The Morgan fingerprint density at radius 2 is 2.00 bits per heavy atom. The van der Waals surface area contributed by atoms with E-state index in [1.807, 2.05) is 0 Å². The molecule has 0 bridgehead atoms. The molecule has 5 atom stereocenters. The Morgan fingerprint density at radius 1 is 1.33 bits per heavy atom. The number of nitrogens with zero attached hydrogens (tertiary/aromatic N) is 1. The second-order valence-electron chi connectivity index (χ2n) is 3.32. The monoisotopic (exact) mass is 215 g/mol. The third kappa shape index (κ3) is 2.28. The third-order valence-electron chi connectivity index (χ3n) is 2.36. The van der Waals surface area contributed by atoms with Gasteiger partial charge in [0.15, 0.2) is 0 Å². The van der Waals surface area contributed by atoms with Crippen molar-refractivity contribution in [3.8, 4) is 0 Å². The Labute approximate surface area is 86.5 Å². The van der Waals surface area contributed by atoms with Crippen LogP contribution in [0.15, 0.2) is 17.3 Å². The summed E-state index contributed by atoms with van der Waals surface area (Å²) in [6.45, 7) is 1.71. The summed E-state index contributed by atoms with van der Waals surface area (Å²) in [6, 6.07) is 0. The van der Waals surface area contributed by atoms with Crippen LogP contribution in [-0.4, -0.2) is 41.0 Å². The molecule has 1 heterocycles. The van der Waals surface area contributed by atoms with Gasteiger partial charge in [-0.05, 0) is 12.1 Å². The zero-order valence-electron chi connectivity index (χ0n) is 8.19. The fraction of sp³-hybridized carbons (Fsp3) is 0.667. The first-order valence-electron chi connectivity index (χ1n) is 4.57. The lowest BCUT2D eigenvalue weighted by Crippen LogP contribution is -2.53. The molecule has 0 radical (unpaired) electrons. The minimum Gasteiger partial charge on any atom is -0.389 e. The van der Waals surface area contributed by atoms with Crippen molar-refractivity contribution in [3.05, 3.63) is 17.1 Å². The number of hydrogen-bond donors (Lipinski definition) is 2. The van der Waals surface area contributed by atoms with E-state index in [4.69, 9.17) is 4.74 Å². The van der Waals surface area contributed by atoms with Gasteiger partial charge < -0.3 is 19.7 Å². The smallest absolute Gasteiger partial charge is 0.217 e. The van der Waals surface area contributed by atoms with Crippen LogP contribution in [0.4, 0.5) is 0 Å². The van der Waals surface area contributed by atoms with E-state index in [2.05, 4.69) is 5.18 Å². The lowest BCUT2D eigenvalue weighted by atomic mass is 9.89. The Morgan fingerprint density at radius 3 is 2.47 bits per heavy atom. The normalized spacial score (nSPS) is 41.7. The first-order chi connectivity index (χ1) is 7.15. The molecular weight excluding hydrogens is 202 g/mol. The second kappa shape index (κ2) is 5.11. The third-order valence-corrected chi connectivity index (χ3v) is 2.36. The molecule has 0 aromatic rings. The van der Waals surface area contributed by atoms with Crippen LogP contribution in [0.5, 0.6) is 0 Å². The summed E-state index contributed by atoms with van der Waals surface area (Å²) in [5, 5.41) is 21.7. The maximum absolute atomic E-state index is 10.6. The summed E-state index contributed by atoms with van der Waals surface area (Å²) < 4.78 is 5.01. The van der Waals surface area contributed by atoms with Crippen LogP contribution in [0.3, 0.4) is 0 Å². The molecule has 1 fully saturated rings. The molecule has 84 valence electrons. The van der Waals surface area contributed by atoms with Crippen molar-refractivity contribution in [1.29, 1.82) is 0 Å². The summed E-state index contributed by atoms with van der Waals surface area (Å²) in [5.41, 5.74) is 0. The van der Waals surface area contributed by atoms with Crippen molar-refractivity contribution in [2.75, 3.05) is 0 Å². The van der Waals surface area contributed by atoms with E-state index in [-0.39, 0.29) is 0 Å². The topological polar surface area (TPSA) is 96.2 Å². The van der Waals surface area contributed by atoms with E-state index in [0.717, 1.165) is 0 Å². The molecule has 1 aliphatic heterocycles. The van der Waals surface area contributed by atoms with Gasteiger partial charge in [-0.3, -0.25) is 0 Å². The number of aliphatic hydroxyl groups is 2. The van der Waals surface area contributed by atoms with Crippen LogP contribution in [-0.2, 0) is 9.53 Å². The highest BCUT2D eigenvalue weighted by molar-refractivity contribution is 5.56. The predicted octanol–water partition coefficient (Wildman–Crippen LogP) is -0.409. The molecule has 2 N–H and O–H groups in total. The maximum atomic E-state index is 10.6.